The first-order chi connectivity index (χ1) is 14.8. The summed E-state index contributed by atoms with van der Waals surface area (Å²) in [5.74, 6) is 0.979. The number of hydrogen-bond donors (Lipinski definition) is 0. The highest BCUT2D eigenvalue weighted by Crippen LogP contribution is 2.20. The van der Waals surface area contributed by atoms with Crippen molar-refractivity contribution < 1.29 is 0 Å². The third kappa shape index (κ3) is 5.24. The summed E-state index contributed by atoms with van der Waals surface area (Å²) in [5.41, 5.74) is 5.85. The van der Waals surface area contributed by atoms with E-state index in [-0.39, 0.29) is 0 Å². The Bertz CT molecular complexity index is 1030. The lowest BCUT2D eigenvalue weighted by atomic mass is 10.1. The van der Waals surface area contributed by atoms with Crippen LogP contribution in [0, 0.1) is 6.92 Å². The van der Waals surface area contributed by atoms with E-state index in [0.717, 1.165) is 30.2 Å². The van der Waals surface area contributed by atoms with Gasteiger partial charge in [0.15, 0.2) is 0 Å². The van der Waals surface area contributed by atoms with Gasteiger partial charge in [0.25, 0.3) is 0 Å². The van der Waals surface area contributed by atoms with E-state index in [1.807, 2.05) is 6.07 Å². The highest BCUT2D eigenvalue weighted by molar-refractivity contribution is 6.00. The van der Waals surface area contributed by atoms with Crippen molar-refractivity contribution in [2.75, 3.05) is 0 Å². The van der Waals surface area contributed by atoms with E-state index in [1.165, 1.54) is 16.7 Å². The molecule has 0 spiro atoms. The number of rotatable bonds is 6. The molecule has 4 aromatic rings. The Morgan fingerprint density at radius 3 is 1.57 bits per heavy atom. The quantitative estimate of drug-likeness (QED) is 0.262. The van der Waals surface area contributed by atoms with Crippen LogP contribution in [0.25, 0.3) is 0 Å². The number of aliphatic imine (C=N–C) groups is 1. The minimum absolute atomic E-state index is 0.787. The van der Waals surface area contributed by atoms with Crippen LogP contribution < -0.4 is 0 Å². The molecule has 0 saturated heterocycles. The van der Waals surface area contributed by atoms with Crippen molar-refractivity contribution in [3.63, 3.8) is 0 Å². The van der Waals surface area contributed by atoms with E-state index in [1.54, 1.807) is 0 Å². The molecule has 4 aromatic carbocycles. The zero-order chi connectivity index (χ0) is 20.6. The van der Waals surface area contributed by atoms with Crippen LogP contribution in [0.15, 0.2) is 120 Å². The van der Waals surface area contributed by atoms with Crippen LogP contribution in [-0.2, 0) is 13.1 Å². The van der Waals surface area contributed by atoms with E-state index < -0.39 is 0 Å². The summed E-state index contributed by atoms with van der Waals surface area (Å²) in [6.45, 7) is 3.67. The van der Waals surface area contributed by atoms with Crippen molar-refractivity contribution in [2.24, 2.45) is 4.99 Å². The number of aryl methyl sites for hydroxylation is 1. The molecule has 2 heteroatoms. The van der Waals surface area contributed by atoms with Crippen LogP contribution in [0.4, 0.5) is 5.69 Å². The summed E-state index contributed by atoms with van der Waals surface area (Å²) in [6, 6.07) is 40.0. The molecule has 4 rings (SSSR count). The number of nitrogens with zero attached hydrogens (tertiary/aromatic N) is 2. The van der Waals surface area contributed by atoms with Gasteiger partial charge in [0.2, 0.25) is 0 Å². The molecule has 0 aliphatic carbocycles. The molecular formula is C28H26N2. The lowest BCUT2D eigenvalue weighted by Crippen LogP contribution is -2.31. The van der Waals surface area contributed by atoms with Crippen LogP contribution in [0.3, 0.4) is 0 Å². The molecule has 0 heterocycles. The number of hydrogen-bond acceptors (Lipinski definition) is 1. The predicted octanol–water partition coefficient (Wildman–Crippen LogP) is 6.78. The Kier molecular flexibility index (Phi) is 6.36. The van der Waals surface area contributed by atoms with Gasteiger partial charge in [-0.1, -0.05) is 109 Å². The highest BCUT2D eigenvalue weighted by Gasteiger charge is 2.15. The molecule has 0 aliphatic heterocycles. The van der Waals surface area contributed by atoms with E-state index in [2.05, 4.69) is 121 Å². The third-order valence-electron chi connectivity index (χ3n) is 5.03. The fourth-order valence-corrected chi connectivity index (χ4v) is 3.46. The Balaban J connectivity index is 1.77. The molecule has 0 amide bonds. The number of amidine groups is 1. The molecule has 0 aliphatic rings. The van der Waals surface area contributed by atoms with Crippen LogP contribution in [0.2, 0.25) is 0 Å². The van der Waals surface area contributed by atoms with E-state index in [0.29, 0.717) is 0 Å². The molecule has 0 radical (unpaired) electrons. The molecule has 0 unspecified atom stereocenters. The van der Waals surface area contributed by atoms with Crippen LogP contribution >= 0.6 is 0 Å². The Morgan fingerprint density at radius 2 is 1.07 bits per heavy atom. The normalized spacial score (nSPS) is 11.3. The molecule has 0 bridgehead atoms. The Morgan fingerprint density at radius 1 is 0.600 bits per heavy atom. The Labute approximate surface area is 179 Å². The summed E-state index contributed by atoms with van der Waals surface area (Å²) in [6.07, 6.45) is 0. The van der Waals surface area contributed by atoms with E-state index in [4.69, 9.17) is 4.99 Å². The third-order valence-corrected chi connectivity index (χ3v) is 5.03. The summed E-state index contributed by atoms with van der Waals surface area (Å²) in [4.78, 5) is 7.47. The molecule has 0 aromatic heterocycles. The second-order valence-corrected chi connectivity index (χ2v) is 7.46. The van der Waals surface area contributed by atoms with Crippen molar-refractivity contribution in [3.05, 3.63) is 138 Å². The first kappa shape index (κ1) is 19.7. The molecule has 0 atom stereocenters. The van der Waals surface area contributed by atoms with Gasteiger partial charge in [0.05, 0.1) is 5.69 Å². The first-order valence-electron chi connectivity index (χ1n) is 10.3. The van der Waals surface area contributed by atoms with Gasteiger partial charge in [0.1, 0.15) is 5.84 Å². The van der Waals surface area contributed by atoms with Gasteiger partial charge in [-0.15, -0.1) is 0 Å². The zero-order valence-corrected chi connectivity index (χ0v) is 17.3. The van der Waals surface area contributed by atoms with Crippen LogP contribution in [0.5, 0.6) is 0 Å². The summed E-state index contributed by atoms with van der Waals surface area (Å²) in [5, 5.41) is 0. The van der Waals surface area contributed by atoms with Crippen molar-refractivity contribution >= 4 is 11.5 Å². The van der Waals surface area contributed by atoms with E-state index >= 15 is 0 Å². The largest absolute Gasteiger partial charge is 0.347 e. The minimum atomic E-state index is 0.787. The second kappa shape index (κ2) is 9.71. The van der Waals surface area contributed by atoms with Crippen LogP contribution in [-0.4, -0.2) is 10.7 Å². The SMILES string of the molecule is Cc1ccc(N=C(c2ccccc2)N(Cc2ccccc2)Cc2ccccc2)cc1. The van der Waals surface area contributed by atoms with Gasteiger partial charge in [-0.3, -0.25) is 0 Å². The van der Waals surface area contributed by atoms with Gasteiger partial charge >= 0.3 is 0 Å². The molecule has 0 saturated carbocycles. The minimum Gasteiger partial charge on any atom is -0.347 e. The van der Waals surface area contributed by atoms with Crippen molar-refractivity contribution in [3.8, 4) is 0 Å². The smallest absolute Gasteiger partial charge is 0.137 e. The van der Waals surface area contributed by atoms with Gasteiger partial charge < -0.3 is 4.90 Å². The molecular weight excluding hydrogens is 364 g/mol. The van der Waals surface area contributed by atoms with Gasteiger partial charge in [-0.05, 0) is 30.2 Å². The van der Waals surface area contributed by atoms with E-state index in [9.17, 15) is 0 Å². The summed E-state index contributed by atoms with van der Waals surface area (Å²) in [7, 11) is 0. The van der Waals surface area contributed by atoms with Gasteiger partial charge in [-0.25, -0.2) is 4.99 Å². The topological polar surface area (TPSA) is 15.6 Å². The first-order valence-corrected chi connectivity index (χ1v) is 10.3. The van der Waals surface area contributed by atoms with Crippen molar-refractivity contribution in [1.29, 1.82) is 0 Å². The Hall–Kier alpha value is -3.65. The molecule has 0 fully saturated rings. The summed E-state index contributed by atoms with van der Waals surface area (Å²) < 4.78 is 0. The maximum atomic E-state index is 5.11. The maximum absolute atomic E-state index is 5.11. The number of benzene rings is 4. The predicted molar refractivity (Wildman–Crippen MR) is 126 cm³/mol. The summed E-state index contributed by atoms with van der Waals surface area (Å²) >= 11 is 0. The zero-order valence-electron chi connectivity index (χ0n) is 17.3. The van der Waals surface area contributed by atoms with Gasteiger partial charge in [0, 0.05) is 18.7 Å². The maximum Gasteiger partial charge on any atom is 0.137 e. The average Bonchev–Trinajstić information content (AvgIpc) is 2.80. The molecule has 148 valence electrons. The molecule has 30 heavy (non-hydrogen) atoms. The van der Waals surface area contributed by atoms with Crippen molar-refractivity contribution in [1.82, 2.24) is 4.90 Å². The fourth-order valence-electron chi connectivity index (χ4n) is 3.46. The van der Waals surface area contributed by atoms with Crippen LogP contribution in [0.1, 0.15) is 22.3 Å². The monoisotopic (exact) mass is 390 g/mol. The molecule has 2 nitrogen and oxygen atoms in total. The fraction of sp³-hybridized carbons (Fsp3) is 0.107. The lowest BCUT2D eigenvalue weighted by molar-refractivity contribution is 0.407. The standard InChI is InChI=1S/C28H26N2/c1-23-17-19-27(20-18-23)29-28(26-15-9-4-10-16-26)30(21-24-11-5-2-6-12-24)22-25-13-7-3-8-14-25/h2-20H,21-22H2,1H3. The lowest BCUT2D eigenvalue weighted by Gasteiger charge is -2.27. The second-order valence-electron chi connectivity index (χ2n) is 7.46. The van der Waals surface area contributed by atoms with Gasteiger partial charge in [-0.2, -0.15) is 0 Å². The highest BCUT2D eigenvalue weighted by atomic mass is 15.2. The average molecular weight is 391 g/mol. The molecule has 0 N–H and O–H groups in total. The van der Waals surface area contributed by atoms with Crippen molar-refractivity contribution in [2.45, 2.75) is 20.0 Å².